The van der Waals surface area contributed by atoms with E-state index in [1.807, 2.05) is 20.8 Å². The Kier molecular flexibility index (Phi) is 5.82. The molecule has 2 aromatic rings. The van der Waals surface area contributed by atoms with Crippen molar-refractivity contribution in [3.8, 4) is 0 Å². The molecule has 0 unspecified atom stereocenters. The summed E-state index contributed by atoms with van der Waals surface area (Å²) in [5.74, 6) is 0.337. The molecule has 1 fully saturated rings. The Labute approximate surface area is 176 Å². The second kappa shape index (κ2) is 7.78. The molecule has 1 aliphatic heterocycles. The number of nitrogens with zero attached hydrogens (tertiary/aromatic N) is 2. The maximum atomic E-state index is 13.1. The van der Waals surface area contributed by atoms with E-state index >= 15 is 0 Å². The predicted octanol–water partition coefficient (Wildman–Crippen LogP) is 2.17. The molecule has 30 heavy (non-hydrogen) atoms. The van der Waals surface area contributed by atoms with Gasteiger partial charge in [-0.25, -0.2) is 16.8 Å². The van der Waals surface area contributed by atoms with Gasteiger partial charge in [0.25, 0.3) is 0 Å². The lowest BCUT2D eigenvalue weighted by Gasteiger charge is -2.23. The number of rotatable bonds is 5. The largest absolute Gasteiger partial charge is 0.359 e. The third-order valence-electron chi connectivity index (χ3n) is 4.87. The Balaban J connectivity index is 1.80. The molecule has 1 N–H and O–H groups in total. The van der Waals surface area contributed by atoms with Gasteiger partial charge in [0.2, 0.25) is 15.9 Å². The first kappa shape index (κ1) is 22.4. The summed E-state index contributed by atoms with van der Waals surface area (Å²) in [6.45, 7) is 6.03. The Morgan fingerprint density at radius 3 is 2.27 bits per heavy atom. The number of aromatic nitrogens is 1. The standard InChI is InChI=1S/C19H25N3O6S2/c1-19(2,3)16-12-17(21-28-16)20-18(23)15-6-5-11-22(15)30(26,27)14-9-7-13(8-10-14)29(4,24)25/h7-10,12,15H,5-6,11H2,1-4H3,(H,20,21,23)/t15-/m0/s1. The Morgan fingerprint density at radius 1 is 1.13 bits per heavy atom. The van der Waals surface area contributed by atoms with Crippen LogP contribution in [0.4, 0.5) is 5.82 Å². The van der Waals surface area contributed by atoms with E-state index in [9.17, 15) is 21.6 Å². The van der Waals surface area contributed by atoms with Crippen molar-refractivity contribution in [2.45, 2.75) is 54.9 Å². The molecule has 9 nitrogen and oxygen atoms in total. The Hall–Kier alpha value is -2.24. The van der Waals surface area contributed by atoms with Crippen molar-refractivity contribution in [3.05, 3.63) is 36.1 Å². The van der Waals surface area contributed by atoms with Crippen LogP contribution in [0.2, 0.25) is 0 Å². The number of carbonyl (C=O) groups is 1. The van der Waals surface area contributed by atoms with Gasteiger partial charge in [0.15, 0.2) is 15.7 Å². The van der Waals surface area contributed by atoms with Crippen molar-refractivity contribution in [2.24, 2.45) is 0 Å². The van der Waals surface area contributed by atoms with Crippen molar-refractivity contribution in [1.29, 1.82) is 0 Å². The van der Waals surface area contributed by atoms with Gasteiger partial charge in [-0.05, 0) is 37.1 Å². The highest BCUT2D eigenvalue weighted by Crippen LogP contribution is 2.29. The minimum Gasteiger partial charge on any atom is -0.359 e. The first-order chi connectivity index (χ1) is 13.8. The summed E-state index contributed by atoms with van der Waals surface area (Å²) in [6, 6.07) is 5.71. The molecule has 0 bridgehead atoms. The van der Waals surface area contributed by atoms with Gasteiger partial charge in [-0.15, -0.1) is 0 Å². The number of hydrogen-bond donors (Lipinski definition) is 1. The van der Waals surface area contributed by atoms with Gasteiger partial charge in [0.1, 0.15) is 11.8 Å². The van der Waals surface area contributed by atoms with Crippen LogP contribution in [-0.2, 0) is 30.1 Å². The molecule has 11 heteroatoms. The van der Waals surface area contributed by atoms with E-state index in [4.69, 9.17) is 4.52 Å². The molecule has 2 heterocycles. The van der Waals surface area contributed by atoms with Gasteiger partial charge < -0.3 is 9.84 Å². The number of hydrogen-bond acceptors (Lipinski definition) is 7. The summed E-state index contributed by atoms with van der Waals surface area (Å²) >= 11 is 0. The van der Waals surface area contributed by atoms with Gasteiger partial charge in [-0.1, -0.05) is 25.9 Å². The number of sulfonamides is 1. The molecule has 3 rings (SSSR count). The molecule has 0 aliphatic carbocycles. The maximum absolute atomic E-state index is 13.1. The van der Waals surface area contributed by atoms with Crippen LogP contribution in [0.1, 0.15) is 39.4 Å². The molecular weight excluding hydrogens is 430 g/mol. The van der Waals surface area contributed by atoms with E-state index in [2.05, 4.69) is 10.5 Å². The molecule has 1 saturated heterocycles. The number of carbonyl (C=O) groups excluding carboxylic acids is 1. The summed E-state index contributed by atoms with van der Waals surface area (Å²) in [6.07, 6.45) is 1.95. The fraction of sp³-hybridized carbons (Fsp3) is 0.474. The highest BCUT2D eigenvalue weighted by atomic mass is 32.2. The molecule has 0 saturated carbocycles. The number of nitrogens with one attached hydrogen (secondary N) is 1. The van der Waals surface area contributed by atoms with Crippen molar-refractivity contribution in [1.82, 2.24) is 9.46 Å². The van der Waals surface area contributed by atoms with Gasteiger partial charge in [-0.3, -0.25) is 4.79 Å². The van der Waals surface area contributed by atoms with Gasteiger partial charge in [0.05, 0.1) is 9.79 Å². The molecule has 1 atom stereocenters. The molecule has 164 valence electrons. The monoisotopic (exact) mass is 455 g/mol. The number of anilines is 1. The van der Waals surface area contributed by atoms with Crippen molar-refractivity contribution in [2.75, 3.05) is 18.1 Å². The molecule has 0 spiro atoms. The number of amides is 1. The zero-order valence-electron chi connectivity index (χ0n) is 17.2. The number of sulfone groups is 1. The van der Waals surface area contributed by atoms with E-state index < -0.39 is 31.8 Å². The molecule has 1 amide bonds. The normalized spacial score (nSPS) is 18.5. The zero-order chi connectivity index (χ0) is 22.3. The topological polar surface area (TPSA) is 127 Å². The molecular formula is C19H25N3O6S2. The lowest BCUT2D eigenvalue weighted by Crippen LogP contribution is -2.43. The molecule has 1 aliphatic rings. The average Bonchev–Trinajstić information content (AvgIpc) is 3.30. The van der Waals surface area contributed by atoms with Crippen LogP contribution >= 0.6 is 0 Å². The lowest BCUT2D eigenvalue weighted by molar-refractivity contribution is -0.119. The van der Waals surface area contributed by atoms with Crippen LogP contribution in [0.5, 0.6) is 0 Å². The van der Waals surface area contributed by atoms with Crippen molar-refractivity contribution in [3.63, 3.8) is 0 Å². The predicted molar refractivity (Wildman–Crippen MR) is 110 cm³/mol. The fourth-order valence-electron chi connectivity index (χ4n) is 3.18. The zero-order valence-corrected chi connectivity index (χ0v) is 18.9. The van der Waals surface area contributed by atoms with Crippen LogP contribution in [0.3, 0.4) is 0 Å². The third-order valence-corrected chi connectivity index (χ3v) is 7.92. The summed E-state index contributed by atoms with van der Waals surface area (Å²) < 4.78 is 55.7. The smallest absolute Gasteiger partial charge is 0.244 e. The van der Waals surface area contributed by atoms with E-state index in [1.165, 1.54) is 24.3 Å². The van der Waals surface area contributed by atoms with Crippen LogP contribution in [0.25, 0.3) is 0 Å². The minimum absolute atomic E-state index is 0.0258. The van der Waals surface area contributed by atoms with Gasteiger partial charge >= 0.3 is 0 Å². The minimum atomic E-state index is -3.97. The van der Waals surface area contributed by atoms with Crippen LogP contribution in [0, 0.1) is 0 Å². The van der Waals surface area contributed by atoms with Crippen molar-refractivity contribution < 1.29 is 26.2 Å². The fourth-order valence-corrected chi connectivity index (χ4v) is 5.47. The average molecular weight is 456 g/mol. The van der Waals surface area contributed by atoms with Crippen molar-refractivity contribution >= 4 is 31.6 Å². The van der Waals surface area contributed by atoms with E-state index in [-0.39, 0.29) is 27.6 Å². The molecule has 1 aromatic carbocycles. The second-order valence-corrected chi connectivity index (χ2v) is 12.2. The van der Waals surface area contributed by atoms with Crippen LogP contribution in [0.15, 0.2) is 44.6 Å². The molecule has 1 aromatic heterocycles. The third kappa shape index (κ3) is 4.57. The highest BCUT2D eigenvalue weighted by molar-refractivity contribution is 7.90. The maximum Gasteiger partial charge on any atom is 0.244 e. The SMILES string of the molecule is CC(C)(C)c1cc(NC(=O)[C@@H]2CCCN2S(=O)(=O)c2ccc(S(C)(=O)=O)cc2)no1. The quantitative estimate of drug-likeness (QED) is 0.732. The first-order valence-electron chi connectivity index (χ1n) is 9.40. The summed E-state index contributed by atoms with van der Waals surface area (Å²) in [5.41, 5.74) is -0.281. The van der Waals surface area contributed by atoms with E-state index in [0.29, 0.717) is 18.6 Å². The Bertz CT molecular complexity index is 1150. The van der Waals surface area contributed by atoms with Gasteiger partial charge in [0, 0.05) is 24.3 Å². The summed E-state index contributed by atoms with van der Waals surface area (Å²) in [5, 5.41) is 6.47. The highest BCUT2D eigenvalue weighted by Gasteiger charge is 2.39. The second-order valence-electron chi connectivity index (χ2n) is 8.33. The summed E-state index contributed by atoms with van der Waals surface area (Å²) in [4.78, 5) is 12.7. The van der Waals surface area contributed by atoms with Crippen LogP contribution in [-0.4, -0.2) is 51.0 Å². The Morgan fingerprint density at radius 2 is 1.73 bits per heavy atom. The van der Waals surface area contributed by atoms with Crippen LogP contribution < -0.4 is 5.32 Å². The first-order valence-corrected chi connectivity index (χ1v) is 12.7. The van der Waals surface area contributed by atoms with E-state index in [0.717, 1.165) is 10.6 Å². The lowest BCUT2D eigenvalue weighted by atomic mass is 9.93. The van der Waals surface area contributed by atoms with E-state index in [1.54, 1.807) is 6.07 Å². The summed E-state index contributed by atoms with van der Waals surface area (Å²) in [7, 11) is -7.41. The van der Waals surface area contributed by atoms with Gasteiger partial charge in [-0.2, -0.15) is 4.31 Å². The number of benzene rings is 1. The molecule has 0 radical (unpaired) electrons.